The fourth-order valence-corrected chi connectivity index (χ4v) is 2.72. The van der Waals surface area contributed by atoms with Crippen LogP contribution < -0.4 is 11.1 Å². The molecule has 3 N–H and O–H groups in total. The molecular formula is C14H14N4S. The summed E-state index contributed by atoms with van der Waals surface area (Å²) in [7, 11) is 0. The van der Waals surface area contributed by atoms with Crippen molar-refractivity contribution in [2.45, 2.75) is 13.5 Å². The summed E-state index contributed by atoms with van der Waals surface area (Å²) in [6.45, 7) is 2.76. The van der Waals surface area contributed by atoms with Crippen molar-refractivity contribution in [3.8, 4) is 0 Å². The number of nitrogens with two attached hydrogens (primary N) is 1. The molecule has 0 aliphatic rings. The Balaban J connectivity index is 1.89. The normalized spacial score (nSPS) is 10.8. The summed E-state index contributed by atoms with van der Waals surface area (Å²) in [6.07, 6.45) is 1.77. The van der Waals surface area contributed by atoms with E-state index in [-0.39, 0.29) is 0 Å². The highest BCUT2D eigenvalue weighted by molar-refractivity contribution is 7.09. The second-order valence-electron chi connectivity index (χ2n) is 4.31. The average molecular weight is 270 g/mol. The van der Waals surface area contributed by atoms with Crippen LogP contribution in [0.3, 0.4) is 0 Å². The predicted molar refractivity (Wildman–Crippen MR) is 80.3 cm³/mol. The van der Waals surface area contributed by atoms with Crippen LogP contribution in [0.1, 0.15) is 10.6 Å². The topological polar surface area (TPSA) is 63.8 Å². The average Bonchev–Trinajstić information content (AvgIpc) is 2.84. The SMILES string of the molecule is Cc1ncsc1CNc1ccc2ncccc2c1N. The number of pyridine rings is 1. The van der Waals surface area contributed by atoms with Crippen LogP contribution >= 0.6 is 11.3 Å². The maximum Gasteiger partial charge on any atom is 0.0798 e. The van der Waals surface area contributed by atoms with E-state index in [2.05, 4.69) is 15.3 Å². The van der Waals surface area contributed by atoms with Gasteiger partial charge in [-0.05, 0) is 31.2 Å². The van der Waals surface area contributed by atoms with Crippen LogP contribution in [-0.4, -0.2) is 9.97 Å². The van der Waals surface area contributed by atoms with Gasteiger partial charge in [-0.15, -0.1) is 11.3 Å². The Kier molecular flexibility index (Phi) is 3.05. The number of benzene rings is 1. The quantitative estimate of drug-likeness (QED) is 0.717. The molecule has 0 aliphatic heterocycles. The molecule has 0 radical (unpaired) electrons. The molecule has 0 saturated heterocycles. The van der Waals surface area contributed by atoms with Crippen molar-refractivity contribution in [2.75, 3.05) is 11.1 Å². The standard InChI is InChI=1S/C14H14N4S/c1-9-13(19-8-18-9)7-17-12-5-4-11-10(14(12)15)3-2-6-16-11/h2-6,8,17H,7,15H2,1H3. The van der Waals surface area contributed by atoms with E-state index >= 15 is 0 Å². The number of nitrogen functional groups attached to an aromatic ring is 1. The van der Waals surface area contributed by atoms with E-state index in [4.69, 9.17) is 5.73 Å². The number of nitrogens with zero attached hydrogens (tertiary/aromatic N) is 2. The van der Waals surface area contributed by atoms with E-state index in [1.165, 1.54) is 4.88 Å². The molecule has 96 valence electrons. The van der Waals surface area contributed by atoms with Crippen LogP contribution in [-0.2, 0) is 6.54 Å². The van der Waals surface area contributed by atoms with E-state index in [1.807, 2.05) is 36.7 Å². The van der Waals surface area contributed by atoms with Gasteiger partial charge in [-0.2, -0.15) is 0 Å². The van der Waals surface area contributed by atoms with Crippen LogP contribution in [0.4, 0.5) is 11.4 Å². The lowest BCUT2D eigenvalue weighted by atomic mass is 10.1. The van der Waals surface area contributed by atoms with Crippen molar-refractivity contribution in [3.63, 3.8) is 0 Å². The minimum Gasteiger partial charge on any atom is -0.397 e. The lowest BCUT2D eigenvalue weighted by Crippen LogP contribution is -2.03. The number of rotatable bonds is 3. The minimum absolute atomic E-state index is 0.743. The number of aromatic nitrogens is 2. The number of thiazole rings is 1. The maximum atomic E-state index is 6.18. The van der Waals surface area contributed by atoms with Gasteiger partial charge in [-0.25, -0.2) is 4.98 Å². The highest BCUT2D eigenvalue weighted by atomic mass is 32.1. The largest absolute Gasteiger partial charge is 0.397 e. The lowest BCUT2D eigenvalue weighted by molar-refractivity contribution is 1.12. The fourth-order valence-electron chi connectivity index (χ4n) is 2.00. The molecule has 0 unspecified atom stereocenters. The Bertz CT molecular complexity index is 720. The number of hydrogen-bond acceptors (Lipinski definition) is 5. The van der Waals surface area contributed by atoms with Gasteiger partial charge in [-0.3, -0.25) is 4.98 Å². The van der Waals surface area contributed by atoms with Crippen LogP contribution in [0.25, 0.3) is 10.9 Å². The van der Waals surface area contributed by atoms with Gasteiger partial charge in [0.05, 0.1) is 34.6 Å². The summed E-state index contributed by atoms with van der Waals surface area (Å²) in [6, 6.07) is 7.84. The molecule has 0 saturated carbocycles. The molecule has 0 atom stereocenters. The molecule has 2 heterocycles. The zero-order valence-electron chi connectivity index (χ0n) is 10.6. The lowest BCUT2D eigenvalue weighted by Gasteiger charge is -2.10. The van der Waals surface area contributed by atoms with Crippen LogP contribution in [0.5, 0.6) is 0 Å². The molecule has 4 nitrogen and oxygen atoms in total. The van der Waals surface area contributed by atoms with E-state index in [0.717, 1.165) is 34.5 Å². The van der Waals surface area contributed by atoms with Crippen molar-refractivity contribution >= 4 is 33.6 Å². The summed E-state index contributed by atoms with van der Waals surface area (Å²) in [4.78, 5) is 9.76. The van der Waals surface area contributed by atoms with Gasteiger partial charge in [0.15, 0.2) is 0 Å². The molecule has 3 rings (SSSR count). The Morgan fingerprint density at radius 2 is 2.16 bits per heavy atom. The summed E-state index contributed by atoms with van der Waals surface area (Å²) in [5.41, 5.74) is 11.7. The van der Waals surface area contributed by atoms with E-state index in [1.54, 1.807) is 17.5 Å². The maximum absolute atomic E-state index is 6.18. The van der Waals surface area contributed by atoms with Crippen molar-refractivity contribution in [1.29, 1.82) is 0 Å². The molecule has 0 aliphatic carbocycles. The van der Waals surface area contributed by atoms with Crippen molar-refractivity contribution in [2.24, 2.45) is 0 Å². The number of anilines is 2. The Labute approximate surface area is 115 Å². The van der Waals surface area contributed by atoms with Crippen molar-refractivity contribution in [3.05, 3.63) is 46.5 Å². The molecule has 0 fully saturated rings. The third-order valence-corrected chi connectivity index (χ3v) is 4.05. The Morgan fingerprint density at radius 3 is 2.95 bits per heavy atom. The molecule has 0 amide bonds. The van der Waals surface area contributed by atoms with E-state index < -0.39 is 0 Å². The highest BCUT2D eigenvalue weighted by Gasteiger charge is 2.06. The molecule has 19 heavy (non-hydrogen) atoms. The van der Waals surface area contributed by atoms with Gasteiger partial charge < -0.3 is 11.1 Å². The second kappa shape index (κ2) is 4.85. The van der Waals surface area contributed by atoms with Crippen LogP contribution in [0.15, 0.2) is 36.0 Å². The van der Waals surface area contributed by atoms with Gasteiger partial charge >= 0.3 is 0 Å². The second-order valence-corrected chi connectivity index (χ2v) is 5.25. The summed E-state index contributed by atoms with van der Waals surface area (Å²) in [5, 5.41) is 4.35. The van der Waals surface area contributed by atoms with E-state index in [0.29, 0.717) is 0 Å². The smallest absolute Gasteiger partial charge is 0.0798 e. The highest BCUT2D eigenvalue weighted by Crippen LogP contribution is 2.28. The molecular weight excluding hydrogens is 256 g/mol. The summed E-state index contributed by atoms with van der Waals surface area (Å²) < 4.78 is 0. The zero-order chi connectivity index (χ0) is 13.2. The van der Waals surface area contributed by atoms with Crippen LogP contribution in [0, 0.1) is 6.92 Å². The van der Waals surface area contributed by atoms with Gasteiger partial charge in [0.25, 0.3) is 0 Å². The van der Waals surface area contributed by atoms with Crippen molar-refractivity contribution < 1.29 is 0 Å². The predicted octanol–water partition coefficient (Wildman–Crippen LogP) is 3.19. The van der Waals surface area contributed by atoms with Gasteiger partial charge in [0.1, 0.15) is 0 Å². The molecule has 0 bridgehead atoms. The number of hydrogen-bond donors (Lipinski definition) is 2. The van der Waals surface area contributed by atoms with Crippen molar-refractivity contribution in [1.82, 2.24) is 9.97 Å². The summed E-state index contributed by atoms with van der Waals surface area (Å²) >= 11 is 1.65. The van der Waals surface area contributed by atoms with Gasteiger partial charge in [-0.1, -0.05) is 0 Å². The molecule has 5 heteroatoms. The Hall–Kier alpha value is -2.14. The minimum atomic E-state index is 0.743. The molecule has 0 spiro atoms. The zero-order valence-corrected chi connectivity index (χ0v) is 11.4. The first kappa shape index (κ1) is 11.9. The molecule has 1 aromatic carbocycles. The molecule has 2 aromatic heterocycles. The van der Waals surface area contributed by atoms with Gasteiger partial charge in [0, 0.05) is 16.5 Å². The third kappa shape index (κ3) is 2.24. The first-order valence-corrected chi connectivity index (χ1v) is 6.89. The van der Waals surface area contributed by atoms with Gasteiger partial charge in [0.2, 0.25) is 0 Å². The first-order chi connectivity index (χ1) is 9.25. The molecule has 3 aromatic rings. The third-order valence-electron chi connectivity index (χ3n) is 3.11. The number of fused-ring (bicyclic) bond motifs is 1. The number of nitrogens with one attached hydrogen (secondary N) is 1. The first-order valence-electron chi connectivity index (χ1n) is 6.02. The van der Waals surface area contributed by atoms with E-state index in [9.17, 15) is 0 Å². The number of aryl methyl sites for hydroxylation is 1. The summed E-state index contributed by atoms with van der Waals surface area (Å²) in [5.74, 6) is 0. The van der Waals surface area contributed by atoms with Crippen LogP contribution in [0.2, 0.25) is 0 Å². The Morgan fingerprint density at radius 1 is 1.26 bits per heavy atom. The monoisotopic (exact) mass is 270 g/mol. The fraction of sp³-hybridized carbons (Fsp3) is 0.143.